The number of hydrogen-bond donors (Lipinski definition) is 1. The predicted molar refractivity (Wildman–Crippen MR) is 139 cm³/mol. The SMILES string of the molecule is Cc1cc(Cl)ccc1C(CC(=O)c1ccc(=O)n(C)c1)c1ccc(Oc2cccc(C(=O)O)c2)c(F)c1. The number of Topliss-reactive ketones (excluding diaryl/α,β-unsaturated/α-hetero) is 1. The van der Waals surface area contributed by atoms with Crippen molar-refractivity contribution in [1.82, 2.24) is 4.57 Å². The van der Waals surface area contributed by atoms with Gasteiger partial charge in [0.15, 0.2) is 17.3 Å². The Morgan fingerprint density at radius 1 is 1.03 bits per heavy atom. The van der Waals surface area contributed by atoms with E-state index in [1.54, 1.807) is 25.2 Å². The number of nitrogens with zero attached hydrogens (tertiary/aromatic N) is 1. The van der Waals surface area contributed by atoms with Crippen molar-refractivity contribution in [2.75, 3.05) is 0 Å². The summed E-state index contributed by atoms with van der Waals surface area (Å²) in [7, 11) is 1.57. The largest absolute Gasteiger partial charge is 0.478 e. The number of carboxylic acid groups (broad SMARTS) is 1. The van der Waals surface area contributed by atoms with Crippen LogP contribution in [-0.2, 0) is 7.05 Å². The smallest absolute Gasteiger partial charge is 0.335 e. The van der Waals surface area contributed by atoms with Crippen molar-refractivity contribution in [3.05, 3.63) is 128 Å². The fourth-order valence-electron chi connectivity index (χ4n) is 4.14. The van der Waals surface area contributed by atoms with Crippen molar-refractivity contribution in [2.24, 2.45) is 7.05 Å². The first-order valence-electron chi connectivity index (χ1n) is 11.4. The summed E-state index contributed by atoms with van der Waals surface area (Å²) in [6, 6.07) is 18.3. The number of carbonyl (C=O) groups excluding carboxylic acids is 1. The maximum absolute atomic E-state index is 15.2. The van der Waals surface area contributed by atoms with E-state index < -0.39 is 17.7 Å². The van der Waals surface area contributed by atoms with Gasteiger partial charge in [-0.15, -0.1) is 0 Å². The normalized spacial score (nSPS) is 11.7. The molecular formula is C29H23ClFNO5. The zero-order valence-corrected chi connectivity index (χ0v) is 20.8. The minimum atomic E-state index is -1.12. The van der Waals surface area contributed by atoms with Gasteiger partial charge in [-0.25, -0.2) is 9.18 Å². The second-order valence-corrected chi connectivity index (χ2v) is 9.11. The second kappa shape index (κ2) is 10.8. The number of aryl methyl sites for hydroxylation is 2. The summed E-state index contributed by atoms with van der Waals surface area (Å²) in [6.07, 6.45) is 1.51. The average Bonchev–Trinajstić information content (AvgIpc) is 2.86. The number of aromatic carboxylic acids is 1. The minimum Gasteiger partial charge on any atom is -0.478 e. The highest BCUT2D eigenvalue weighted by Crippen LogP contribution is 2.35. The van der Waals surface area contributed by atoms with Gasteiger partial charge in [-0.05, 0) is 72.1 Å². The summed E-state index contributed by atoms with van der Waals surface area (Å²) in [5, 5.41) is 9.72. The lowest BCUT2D eigenvalue weighted by atomic mass is 9.84. The molecule has 0 fully saturated rings. The molecule has 0 amide bonds. The van der Waals surface area contributed by atoms with Gasteiger partial charge < -0.3 is 14.4 Å². The number of ether oxygens (including phenoxy) is 1. The van der Waals surface area contributed by atoms with Crippen molar-refractivity contribution in [3.8, 4) is 11.5 Å². The van der Waals surface area contributed by atoms with E-state index in [-0.39, 0.29) is 34.8 Å². The molecule has 1 N–H and O–H groups in total. The van der Waals surface area contributed by atoms with Crippen LogP contribution in [-0.4, -0.2) is 21.4 Å². The molecule has 0 aliphatic rings. The maximum Gasteiger partial charge on any atom is 0.335 e. The molecule has 1 unspecified atom stereocenters. The highest BCUT2D eigenvalue weighted by atomic mass is 35.5. The highest BCUT2D eigenvalue weighted by molar-refractivity contribution is 6.30. The third kappa shape index (κ3) is 5.95. The molecule has 0 aliphatic heterocycles. The van der Waals surface area contributed by atoms with E-state index in [0.717, 1.165) is 11.1 Å². The van der Waals surface area contributed by atoms with Crippen LogP contribution in [0.5, 0.6) is 11.5 Å². The molecular weight excluding hydrogens is 497 g/mol. The molecule has 4 aromatic rings. The Morgan fingerprint density at radius 3 is 2.49 bits per heavy atom. The van der Waals surface area contributed by atoms with Gasteiger partial charge in [-0.2, -0.15) is 0 Å². The van der Waals surface area contributed by atoms with Crippen LogP contribution in [0.2, 0.25) is 5.02 Å². The van der Waals surface area contributed by atoms with Crippen LogP contribution >= 0.6 is 11.6 Å². The molecule has 8 heteroatoms. The van der Waals surface area contributed by atoms with Crippen LogP contribution in [0.25, 0.3) is 0 Å². The molecule has 1 atom stereocenters. The molecule has 0 saturated heterocycles. The summed E-state index contributed by atoms with van der Waals surface area (Å²) < 4.78 is 22.1. The van der Waals surface area contributed by atoms with Crippen molar-refractivity contribution in [3.63, 3.8) is 0 Å². The van der Waals surface area contributed by atoms with Gasteiger partial charge >= 0.3 is 5.97 Å². The van der Waals surface area contributed by atoms with Crippen molar-refractivity contribution >= 4 is 23.4 Å². The average molecular weight is 520 g/mol. The Labute approximate surface area is 217 Å². The van der Waals surface area contributed by atoms with Gasteiger partial charge in [-0.3, -0.25) is 9.59 Å². The van der Waals surface area contributed by atoms with Crippen LogP contribution in [0.3, 0.4) is 0 Å². The Bertz CT molecular complexity index is 1560. The first-order valence-corrected chi connectivity index (χ1v) is 11.8. The molecule has 0 bridgehead atoms. The number of carboxylic acids is 1. The second-order valence-electron chi connectivity index (χ2n) is 8.67. The molecule has 188 valence electrons. The van der Waals surface area contributed by atoms with Crippen LogP contribution < -0.4 is 10.3 Å². The highest BCUT2D eigenvalue weighted by Gasteiger charge is 2.23. The molecule has 0 spiro atoms. The van der Waals surface area contributed by atoms with Gasteiger partial charge in [0.25, 0.3) is 0 Å². The number of pyridine rings is 1. The van der Waals surface area contributed by atoms with E-state index in [1.165, 1.54) is 59.3 Å². The number of ketones is 1. The number of benzene rings is 3. The van der Waals surface area contributed by atoms with Gasteiger partial charge in [0.05, 0.1) is 5.56 Å². The molecule has 1 aromatic heterocycles. The van der Waals surface area contributed by atoms with E-state index in [2.05, 4.69) is 0 Å². The zero-order valence-electron chi connectivity index (χ0n) is 20.1. The third-order valence-electron chi connectivity index (χ3n) is 6.07. The molecule has 4 rings (SSSR count). The number of aromatic nitrogens is 1. The summed E-state index contributed by atoms with van der Waals surface area (Å²) >= 11 is 6.14. The maximum atomic E-state index is 15.2. The lowest BCUT2D eigenvalue weighted by Crippen LogP contribution is -2.18. The standard InChI is InChI=1S/C29H23ClFNO5/c1-17-12-21(30)8-9-23(17)24(15-26(33)20-7-11-28(34)32(2)16-20)18-6-10-27(25(31)14-18)37-22-5-3-4-19(13-22)29(35)36/h3-14,16,24H,15H2,1-2H3,(H,35,36). The summed E-state index contributed by atoms with van der Waals surface area (Å²) in [4.78, 5) is 36.2. The van der Waals surface area contributed by atoms with E-state index >= 15 is 4.39 Å². The van der Waals surface area contributed by atoms with Crippen LogP contribution in [0.15, 0.2) is 83.8 Å². The fraction of sp³-hybridized carbons (Fsp3) is 0.138. The topological polar surface area (TPSA) is 85.6 Å². The minimum absolute atomic E-state index is 0.0183. The molecule has 3 aromatic carbocycles. The van der Waals surface area contributed by atoms with Crippen molar-refractivity contribution < 1.29 is 23.8 Å². The number of hydrogen-bond acceptors (Lipinski definition) is 4. The quantitative estimate of drug-likeness (QED) is 0.273. The van der Waals surface area contributed by atoms with Gasteiger partial charge in [0.1, 0.15) is 5.75 Å². The molecule has 0 aliphatic carbocycles. The Hall–Kier alpha value is -4.23. The first-order chi connectivity index (χ1) is 17.6. The molecule has 37 heavy (non-hydrogen) atoms. The summed E-state index contributed by atoms with van der Waals surface area (Å²) in [5.41, 5.74) is 2.37. The van der Waals surface area contributed by atoms with Crippen molar-refractivity contribution in [1.29, 1.82) is 0 Å². The Morgan fingerprint density at radius 2 is 1.81 bits per heavy atom. The Balaban J connectivity index is 1.69. The molecule has 0 radical (unpaired) electrons. The summed E-state index contributed by atoms with van der Waals surface area (Å²) in [5.74, 6) is -2.39. The van der Waals surface area contributed by atoms with Crippen LogP contribution in [0, 0.1) is 12.7 Å². The molecule has 6 nitrogen and oxygen atoms in total. The number of carbonyl (C=O) groups is 2. The first kappa shape index (κ1) is 25.9. The zero-order chi connectivity index (χ0) is 26.7. The van der Waals surface area contributed by atoms with E-state index in [0.29, 0.717) is 16.1 Å². The fourth-order valence-corrected chi connectivity index (χ4v) is 4.36. The van der Waals surface area contributed by atoms with E-state index in [4.69, 9.17) is 16.3 Å². The van der Waals surface area contributed by atoms with Crippen molar-refractivity contribution in [2.45, 2.75) is 19.3 Å². The lowest BCUT2D eigenvalue weighted by Gasteiger charge is -2.21. The molecule has 0 saturated carbocycles. The predicted octanol–water partition coefficient (Wildman–Crippen LogP) is 6.38. The Kier molecular flexibility index (Phi) is 7.55. The summed E-state index contributed by atoms with van der Waals surface area (Å²) in [6.45, 7) is 1.87. The molecule has 1 heterocycles. The number of rotatable bonds is 8. The van der Waals surface area contributed by atoms with Gasteiger partial charge in [-0.1, -0.05) is 29.8 Å². The lowest BCUT2D eigenvalue weighted by molar-refractivity contribution is 0.0696. The van der Waals surface area contributed by atoms with Gasteiger partial charge in [0, 0.05) is 42.2 Å². The van der Waals surface area contributed by atoms with E-state index in [9.17, 15) is 19.5 Å². The van der Waals surface area contributed by atoms with Crippen LogP contribution in [0.1, 0.15) is 49.7 Å². The van der Waals surface area contributed by atoms with Gasteiger partial charge in [0.2, 0.25) is 5.56 Å². The van der Waals surface area contributed by atoms with E-state index in [1.807, 2.05) is 13.0 Å². The monoisotopic (exact) mass is 519 g/mol. The van der Waals surface area contributed by atoms with Crippen LogP contribution in [0.4, 0.5) is 4.39 Å². The number of halogens is 2. The third-order valence-corrected chi connectivity index (χ3v) is 6.31.